The minimum absolute atomic E-state index is 0.560. The van der Waals surface area contributed by atoms with E-state index in [1.807, 2.05) is 14.0 Å². The van der Waals surface area contributed by atoms with Crippen LogP contribution in [0.5, 0.6) is 11.5 Å². The molecule has 0 fully saturated rings. The molecule has 4 nitrogen and oxygen atoms in total. The molecule has 0 aliphatic carbocycles. The van der Waals surface area contributed by atoms with Crippen molar-refractivity contribution >= 4 is 0 Å². The largest absolute Gasteiger partial charge is 0.496 e. The Morgan fingerprint density at radius 2 is 1.83 bits per heavy atom. The third-order valence-corrected chi connectivity index (χ3v) is 3.37. The molecule has 0 aliphatic heterocycles. The van der Waals surface area contributed by atoms with Gasteiger partial charge in [-0.1, -0.05) is 0 Å². The van der Waals surface area contributed by atoms with Gasteiger partial charge in [0, 0.05) is 13.2 Å². The molecule has 0 heterocycles. The summed E-state index contributed by atoms with van der Waals surface area (Å²) in [6.45, 7) is 5.57. The number of likely N-dealkylation sites (N-methyl/N-ethyl adjacent to an activating group) is 1. The summed E-state index contributed by atoms with van der Waals surface area (Å²) in [5, 5.41) is 0. The molecule has 102 valence electrons. The summed E-state index contributed by atoms with van der Waals surface area (Å²) in [5.41, 5.74) is 9.02. The van der Waals surface area contributed by atoms with E-state index in [1.165, 1.54) is 0 Å². The van der Waals surface area contributed by atoms with Crippen molar-refractivity contribution in [3.63, 3.8) is 0 Å². The Kier molecular flexibility index (Phi) is 5.44. The molecule has 1 aromatic rings. The number of nitrogens with zero attached hydrogens (tertiary/aromatic N) is 1. The molecule has 0 spiro atoms. The lowest BCUT2D eigenvalue weighted by atomic mass is 10.0. The average molecular weight is 252 g/mol. The van der Waals surface area contributed by atoms with Crippen molar-refractivity contribution < 1.29 is 9.47 Å². The van der Waals surface area contributed by atoms with E-state index in [1.54, 1.807) is 14.2 Å². The standard InChI is InChI=1S/C14H24N2O2/c1-10-11(2)14(18-5)12(8-13(10)17-4)6-7-16(3)9-15/h8H,6-7,9,15H2,1-5H3. The maximum atomic E-state index is 5.59. The van der Waals surface area contributed by atoms with E-state index in [0.717, 1.165) is 41.2 Å². The molecule has 0 aliphatic rings. The highest BCUT2D eigenvalue weighted by Crippen LogP contribution is 2.33. The number of hydrogen-bond acceptors (Lipinski definition) is 4. The maximum absolute atomic E-state index is 5.59. The Bertz CT molecular complexity index is 405. The van der Waals surface area contributed by atoms with Crippen molar-refractivity contribution in [2.75, 3.05) is 34.5 Å². The summed E-state index contributed by atoms with van der Waals surface area (Å²) >= 11 is 0. The van der Waals surface area contributed by atoms with Crippen LogP contribution in [0.2, 0.25) is 0 Å². The molecule has 0 unspecified atom stereocenters. The Balaban J connectivity index is 3.05. The second-order valence-electron chi connectivity index (χ2n) is 4.53. The summed E-state index contributed by atoms with van der Waals surface area (Å²) in [7, 11) is 5.42. The predicted molar refractivity (Wildman–Crippen MR) is 74.4 cm³/mol. The Labute approximate surface area is 110 Å². The lowest BCUT2D eigenvalue weighted by molar-refractivity contribution is 0.343. The lowest BCUT2D eigenvalue weighted by Crippen LogP contribution is -2.27. The smallest absolute Gasteiger partial charge is 0.125 e. The average Bonchev–Trinajstić information content (AvgIpc) is 2.39. The minimum atomic E-state index is 0.560. The van der Waals surface area contributed by atoms with Gasteiger partial charge in [0.1, 0.15) is 11.5 Å². The highest BCUT2D eigenvalue weighted by molar-refractivity contribution is 5.52. The monoisotopic (exact) mass is 252 g/mol. The number of hydrogen-bond donors (Lipinski definition) is 1. The molecule has 2 N–H and O–H groups in total. The van der Waals surface area contributed by atoms with Crippen molar-refractivity contribution in [2.24, 2.45) is 5.73 Å². The molecule has 4 heteroatoms. The molecule has 0 bridgehead atoms. The van der Waals surface area contributed by atoms with Gasteiger partial charge in [0.15, 0.2) is 0 Å². The highest BCUT2D eigenvalue weighted by Gasteiger charge is 2.13. The van der Waals surface area contributed by atoms with Gasteiger partial charge >= 0.3 is 0 Å². The van der Waals surface area contributed by atoms with Gasteiger partial charge in [-0.25, -0.2) is 0 Å². The van der Waals surface area contributed by atoms with E-state index >= 15 is 0 Å². The molecule has 0 saturated carbocycles. The molecular weight excluding hydrogens is 228 g/mol. The van der Waals surface area contributed by atoms with Crippen LogP contribution in [0, 0.1) is 13.8 Å². The van der Waals surface area contributed by atoms with Crippen molar-refractivity contribution in [3.8, 4) is 11.5 Å². The van der Waals surface area contributed by atoms with Crippen LogP contribution < -0.4 is 15.2 Å². The van der Waals surface area contributed by atoms with Crippen LogP contribution >= 0.6 is 0 Å². The van der Waals surface area contributed by atoms with E-state index in [4.69, 9.17) is 15.2 Å². The van der Waals surface area contributed by atoms with E-state index < -0.39 is 0 Å². The Morgan fingerprint density at radius 3 is 2.33 bits per heavy atom. The zero-order valence-corrected chi connectivity index (χ0v) is 12.0. The molecule has 1 rings (SSSR count). The normalized spacial score (nSPS) is 10.8. The van der Waals surface area contributed by atoms with Crippen LogP contribution in [0.3, 0.4) is 0 Å². The first-order valence-corrected chi connectivity index (χ1v) is 6.14. The first kappa shape index (κ1) is 14.8. The SMILES string of the molecule is COc1cc(CCN(C)CN)c(OC)c(C)c1C. The van der Waals surface area contributed by atoms with Gasteiger partial charge in [-0.2, -0.15) is 0 Å². The van der Waals surface area contributed by atoms with Crippen LogP contribution in [-0.2, 0) is 6.42 Å². The number of rotatable bonds is 6. The van der Waals surface area contributed by atoms with Gasteiger partial charge in [-0.3, -0.25) is 4.90 Å². The third kappa shape index (κ3) is 3.15. The van der Waals surface area contributed by atoms with Gasteiger partial charge in [0.2, 0.25) is 0 Å². The van der Waals surface area contributed by atoms with Gasteiger partial charge in [0.25, 0.3) is 0 Å². The molecule has 0 atom stereocenters. The van der Waals surface area contributed by atoms with Crippen LogP contribution in [0.15, 0.2) is 6.07 Å². The molecule has 0 amide bonds. The van der Waals surface area contributed by atoms with Crippen LogP contribution in [-0.4, -0.2) is 39.4 Å². The fourth-order valence-electron chi connectivity index (χ4n) is 2.01. The second-order valence-corrected chi connectivity index (χ2v) is 4.53. The maximum Gasteiger partial charge on any atom is 0.125 e. The number of benzene rings is 1. The topological polar surface area (TPSA) is 47.7 Å². The molecule has 0 saturated heterocycles. The van der Waals surface area contributed by atoms with E-state index in [9.17, 15) is 0 Å². The van der Waals surface area contributed by atoms with Gasteiger partial charge in [-0.05, 0) is 50.1 Å². The molecular formula is C14H24N2O2. The first-order chi connectivity index (χ1) is 8.54. The summed E-state index contributed by atoms with van der Waals surface area (Å²) in [5.74, 6) is 1.87. The molecule has 0 radical (unpaired) electrons. The summed E-state index contributed by atoms with van der Waals surface area (Å²) in [6, 6.07) is 2.06. The fraction of sp³-hybridized carbons (Fsp3) is 0.571. The zero-order valence-electron chi connectivity index (χ0n) is 12.0. The summed E-state index contributed by atoms with van der Waals surface area (Å²) < 4.78 is 10.9. The van der Waals surface area contributed by atoms with Crippen LogP contribution in [0.4, 0.5) is 0 Å². The Hall–Kier alpha value is -1.26. The molecule has 0 aromatic heterocycles. The van der Waals surface area contributed by atoms with Crippen LogP contribution in [0.25, 0.3) is 0 Å². The summed E-state index contributed by atoms with van der Waals surface area (Å²) in [6.07, 6.45) is 0.897. The lowest BCUT2D eigenvalue weighted by Gasteiger charge is -2.19. The van der Waals surface area contributed by atoms with Crippen molar-refractivity contribution in [2.45, 2.75) is 20.3 Å². The van der Waals surface area contributed by atoms with E-state index in [-0.39, 0.29) is 0 Å². The minimum Gasteiger partial charge on any atom is -0.496 e. The summed E-state index contributed by atoms with van der Waals surface area (Å²) in [4.78, 5) is 2.07. The van der Waals surface area contributed by atoms with Gasteiger partial charge < -0.3 is 15.2 Å². The van der Waals surface area contributed by atoms with Gasteiger partial charge in [-0.15, -0.1) is 0 Å². The highest BCUT2D eigenvalue weighted by atomic mass is 16.5. The van der Waals surface area contributed by atoms with Gasteiger partial charge in [0.05, 0.1) is 14.2 Å². The van der Waals surface area contributed by atoms with Crippen molar-refractivity contribution in [1.29, 1.82) is 0 Å². The quantitative estimate of drug-likeness (QED) is 0.783. The molecule has 18 heavy (non-hydrogen) atoms. The van der Waals surface area contributed by atoms with Crippen molar-refractivity contribution in [1.82, 2.24) is 4.90 Å². The first-order valence-electron chi connectivity index (χ1n) is 6.14. The number of ether oxygens (including phenoxy) is 2. The second kappa shape index (κ2) is 6.61. The van der Waals surface area contributed by atoms with Crippen LogP contribution in [0.1, 0.15) is 16.7 Å². The number of nitrogens with two attached hydrogens (primary N) is 1. The molecule has 1 aromatic carbocycles. The third-order valence-electron chi connectivity index (χ3n) is 3.37. The van der Waals surface area contributed by atoms with E-state index in [0.29, 0.717) is 6.67 Å². The zero-order chi connectivity index (χ0) is 13.7. The van der Waals surface area contributed by atoms with Crippen molar-refractivity contribution in [3.05, 3.63) is 22.8 Å². The predicted octanol–water partition coefficient (Wildman–Crippen LogP) is 1.71. The fourth-order valence-corrected chi connectivity index (χ4v) is 2.01. The number of methoxy groups -OCH3 is 2. The Morgan fingerprint density at radius 1 is 1.17 bits per heavy atom. The van der Waals surface area contributed by atoms with E-state index in [2.05, 4.69) is 17.9 Å².